The normalized spacial score (nSPS) is 12.4. The van der Waals surface area contributed by atoms with Gasteiger partial charge in [0.2, 0.25) is 0 Å². The third-order valence-electron chi connectivity index (χ3n) is 5.11. The van der Waals surface area contributed by atoms with Gasteiger partial charge in [-0.05, 0) is 48.5 Å². The van der Waals surface area contributed by atoms with Crippen molar-refractivity contribution < 1.29 is 9.47 Å². The number of halogens is 2. The second-order valence-electron chi connectivity index (χ2n) is 6.90. The maximum Gasteiger partial charge on any atom is 0.120 e. The Bertz CT molecular complexity index is 1100. The van der Waals surface area contributed by atoms with Crippen LogP contribution in [0, 0.1) is 0 Å². The second kappa shape index (κ2) is 8.78. The molecule has 0 spiro atoms. The summed E-state index contributed by atoms with van der Waals surface area (Å²) in [6, 6.07) is 20.8. The first-order valence-electron chi connectivity index (χ1n) is 9.37. The van der Waals surface area contributed by atoms with E-state index >= 15 is 0 Å². The quantitative estimate of drug-likeness (QED) is 0.305. The molecule has 0 aliphatic carbocycles. The van der Waals surface area contributed by atoms with Gasteiger partial charge in [0, 0.05) is 56.2 Å². The first-order valence-corrected chi connectivity index (χ1v) is 11.0. The fraction of sp³-hybridized carbons (Fsp3) is 0.217. The Morgan fingerprint density at radius 3 is 2.14 bits per heavy atom. The predicted octanol–water partition coefficient (Wildman–Crippen LogP) is 6.46. The minimum absolute atomic E-state index is 0.00675. The van der Waals surface area contributed by atoms with Crippen LogP contribution in [0.2, 0.25) is 0 Å². The van der Waals surface area contributed by atoms with E-state index in [4.69, 9.17) is 9.47 Å². The van der Waals surface area contributed by atoms with Crippen LogP contribution in [0.4, 0.5) is 5.69 Å². The van der Waals surface area contributed by atoms with Crippen molar-refractivity contribution in [3.8, 4) is 5.75 Å². The summed E-state index contributed by atoms with van der Waals surface area (Å²) in [6.07, 6.45) is 0.00675. The Kier molecular flexibility index (Phi) is 6.13. The molecule has 0 saturated heterocycles. The van der Waals surface area contributed by atoms with E-state index in [2.05, 4.69) is 78.1 Å². The van der Waals surface area contributed by atoms with Crippen LogP contribution in [0.5, 0.6) is 5.75 Å². The van der Waals surface area contributed by atoms with E-state index in [9.17, 15) is 0 Å². The highest BCUT2D eigenvalue weighted by atomic mass is 79.9. The van der Waals surface area contributed by atoms with Gasteiger partial charge in [0.1, 0.15) is 5.75 Å². The van der Waals surface area contributed by atoms with Gasteiger partial charge >= 0.3 is 0 Å². The first kappa shape index (κ1) is 20.3. The van der Waals surface area contributed by atoms with Crippen molar-refractivity contribution in [2.24, 2.45) is 0 Å². The van der Waals surface area contributed by atoms with Gasteiger partial charge in [-0.15, -0.1) is 0 Å². The number of hydrogen-bond acceptors (Lipinski definition) is 3. The summed E-state index contributed by atoms with van der Waals surface area (Å²) in [6.45, 7) is 1.44. The SMILES string of the molecule is COc1cccc(NCC(Cn2c3ccc(Br)cc3c3cc(Br)ccc32)OC)c1. The van der Waals surface area contributed by atoms with Crippen molar-refractivity contribution in [3.05, 3.63) is 69.6 Å². The Balaban J connectivity index is 1.64. The van der Waals surface area contributed by atoms with E-state index in [-0.39, 0.29) is 6.10 Å². The number of methoxy groups -OCH3 is 2. The van der Waals surface area contributed by atoms with E-state index in [1.807, 2.05) is 24.3 Å². The highest BCUT2D eigenvalue weighted by Gasteiger charge is 2.16. The zero-order valence-corrected chi connectivity index (χ0v) is 19.5. The molecule has 150 valence electrons. The van der Waals surface area contributed by atoms with Crippen molar-refractivity contribution in [2.75, 3.05) is 26.1 Å². The molecule has 0 saturated carbocycles. The summed E-state index contributed by atoms with van der Waals surface area (Å²) in [7, 11) is 3.44. The van der Waals surface area contributed by atoms with Crippen molar-refractivity contribution in [1.82, 2.24) is 4.57 Å². The number of nitrogens with one attached hydrogen (secondary N) is 1. The Labute approximate surface area is 187 Å². The minimum Gasteiger partial charge on any atom is -0.497 e. The average Bonchev–Trinajstić information content (AvgIpc) is 3.03. The molecule has 0 aliphatic heterocycles. The summed E-state index contributed by atoms with van der Waals surface area (Å²) in [5.74, 6) is 0.836. The zero-order chi connectivity index (χ0) is 20.4. The molecule has 1 aromatic heterocycles. The molecule has 4 nitrogen and oxygen atoms in total. The lowest BCUT2D eigenvalue weighted by molar-refractivity contribution is 0.100. The summed E-state index contributed by atoms with van der Waals surface area (Å²) in [5, 5.41) is 5.92. The molecule has 0 radical (unpaired) electrons. The third-order valence-corrected chi connectivity index (χ3v) is 6.10. The van der Waals surface area contributed by atoms with E-state index < -0.39 is 0 Å². The van der Waals surface area contributed by atoms with E-state index in [1.165, 1.54) is 21.8 Å². The first-order chi connectivity index (χ1) is 14.1. The summed E-state index contributed by atoms with van der Waals surface area (Å²) in [4.78, 5) is 0. The van der Waals surface area contributed by atoms with E-state index in [0.29, 0.717) is 6.54 Å². The summed E-state index contributed by atoms with van der Waals surface area (Å²) in [5.41, 5.74) is 3.41. The van der Waals surface area contributed by atoms with Gasteiger partial charge in [0.25, 0.3) is 0 Å². The van der Waals surface area contributed by atoms with Crippen molar-refractivity contribution in [1.29, 1.82) is 0 Å². The molecule has 4 rings (SSSR count). The second-order valence-corrected chi connectivity index (χ2v) is 8.74. The summed E-state index contributed by atoms with van der Waals surface area (Å²) >= 11 is 7.21. The molecule has 0 fully saturated rings. The number of hydrogen-bond donors (Lipinski definition) is 1. The third kappa shape index (κ3) is 4.29. The van der Waals surface area contributed by atoms with E-state index in [0.717, 1.165) is 26.9 Å². The molecule has 1 atom stereocenters. The molecule has 0 bridgehead atoms. The van der Waals surface area contributed by atoms with Gasteiger partial charge < -0.3 is 19.4 Å². The largest absolute Gasteiger partial charge is 0.497 e. The highest BCUT2D eigenvalue weighted by molar-refractivity contribution is 9.10. The van der Waals surface area contributed by atoms with Gasteiger partial charge in [-0.25, -0.2) is 0 Å². The van der Waals surface area contributed by atoms with Gasteiger partial charge in [0.05, 0.1) is 19.8 Å². The van der Waals surface area contributed by atoms with Crippen LogP contribution in [0.3, 0.4) is 0 Å². The van der Waals surface area contributed by atoms with Gasteiger partial charge in [0.15, 0.2) is 0 Å². The molecule has 3 aromatic carbocycles. The fourth-order valence-corrected chi connectivity index (χ4v) is 4.36. The lowest BCUT2D eigenvalue weighted by Gasteiger charge is -2.19. The van der Waals surface area contributed by atoms with Gasteiger partial charge in [-0.1, -0.05) is 37.9 Å². The maximum atomic E-state index is 5.81. The predicted molar refractivity (Wildman–Crippen MR) is 127 cm³/mol. The van der Waals surface area contributed by atoms with Gasteiger partial charge in [-0.2, -0.15) is 0 Å². The van der Waals surface area contributed by atoms with E-state index in [1.54, 1.807) is 14.2 Å². The number of ether oxygens (including phenoxy) is 2. The summed E-state index contributed by atoms with van der Waals surface area (Å²) < 4.78 is 15.6. The topological polar surface area (TPSA) is 35.4 Å². The highest BCUT2D eigenvalue weighted by Crippen LogP contribution is 2.33. The molecule has 1 unspecified atom stereocenters. The lowest BCUT2D eigenvalue weighted by Crippen LogP contribution is -2.27. The number of rotatable bonds is 7. The smallest absolute Gasteiger partial charge is 0.120 e. The Hall–Kier alpha value is -2.02. The monoisotopic (exact) mass is 516 g/mol. The van der Waals surface area contributed by atoms with Crippen LogP contribution < -0.4 is 10.1 Å². The Morgan fingerprint density at radius 2 is 1.55 bits per heavy atom. The van der Waals surface area contributed by atoms with Crippen LogP contribution in [0.25, 0.3) is 21.8 Å². The van der Waals surface area contributed by atoms with Crippen LogP contribution in [-0.4, -0.2) is 31.4 Å². The van der Waals surface area contributed by atoms with Crippen LogP contribution in [-0.2, 0) is 11.3 Å². The number of nitrogens with zero attached hydrogens (tertiary/aromatic N) is 1. The van der Waals surface area contributed by atoms with Crippen LogP contribution >= 0.6 is 31.9 Å². The van der Waals surface area contributed by atoms with Crippen molar-refractivity contribution in [3.63, 3.8) is 0 Å². The molecular weight excluding hydrogens is 496 g/mol. The molecule has 0 amide bonds. The number of fused-ring (bicyclic) bond motifs is 3. The molecule has 0 aliphatic rings. The lowest BCUT2D eigenvalue weighted by atomic mass is 10.2. The molecule has 29 heavy (non-hydrogen) atoms. The average molecular weight is 518 g/mol. The molecule has 1 N–H and O–H groups in total. The van der Waals surface area contributed by atoms with Crippen LogP contribution in [0.1, 0.15) is 0 Å². The van der Waals surface area contributed by atoms with Crippen molar-refractivity contribution >= 4 is 59.4 Å². The van der Waals surface area contributed by atoms with Gasteiger partial charge in [-0.3, -0.25) is 0 Å². The van der Waals surface area contributed by atoms with Crippen molar-refractivity contribution in [2.45, 2.75) is 12.6 Å². The standard InChI is InChI=1S/C23H22Br2N2O2/c1-28-18-5-3-4-17(12-18)26-13-19(29-2)14-27-22-8-6-15(24)10-20(22)21-11-16(25)7-9-23(21)27/h3-12,19,26H,13-14H2,1-2H3. The Morgan fingerprint density at radius 1 is 0.897 bits per heavy atom. The number of anilines is 1. The maximum absolute atomic E-state index is 5.81. The number of aromatic nitrogens is 1. The molecular formula is C23H22Br2N2O2. The minimum atomic E-state index is 0.00675. The zero-order valence-electron chi connectivity index (χ0n) is 16.3. The van der Waals surface area contributed by atoms with Crippen LogP contribution in [0.15, 0.2) is 69.6 Å². The number of benzene rings is 3. The molecule has 6 heteroatoms. The molecule has 4 aromatic rings. The molecule has 1 heterocycles. The fourth-order valence-electron chi connectivity index (χ4n) is 3.64.